The molecule has 0 saturated carbocycles. The number of nitrogens with zero attached hydrogens (tertiary/aromatic N) is 1. The molecule has 1 saturated heterocycles. The minimum Gasteiger partial charge on any atom is -0.492 e. The number of likely N-dealkylation sites (tertiary alicyclic amines) is 1. The third kappa shape index (κ3) is 5.71. The monoisotopic (exact) mass is 362 g/mol. The molecule has 5 nitrogen and oxygen atoms in total. The van der Waals surface area contributed by atoms with Crippen molar-refractivity contribution in [3.05, 3.63) is 24.3 Å². The number of hydrogen-bond donors (Lipinski definition) is 1. The van der Waals surface area contributed by atoms with Crippen LogP contribution in [0.4, 0.5) is 5.69 Å². The Labute approximate surface area is 158 Å². The van der Waals surface area contributed by atoms with Gasteiger partial charge < -0.3 is 14.8 Å². The summed E-state index contributed by atoms with van der Waals surface area (Å²) in [5.41, 5.74) is -0.0597. The van der Waals surface area contributed by atoms with Crippen LogP contribution in [0.1, 0.15) is 40.5 Å². The van der Waals surface area contributed by atoms with E-state index in [2.05, 4.69) is 24.1 Å². The molecule has 1 aliphatic heterocycles. The number of carbonyl (C=O) groups excluding carboxylic acids is 1. The first-order valence-electron chi connectivity index (χ1n) is 9.68. The van der Waals surface area contributed by atoms with Gasteiger partial charge in [0.1, 0.15) is 18.0 Å². The fraction of sp³-hybridized carbons (Fsp3) is 0.667. The molecule has 0 unspecified atom stereocenters. The largest absolute Gasteiger partial charge is 0.492 e. The van der Waals surface area contributed by atoms with Crippen LogP contribution in [0.2, 0.25) is 0 Å². The molecule has 1 amide bonds. The van der Waals surface area contributed by atoms with Crippen LogP contribution in [0.25, 0.3) is 0 Å². The average Bonchev–Trinajstić information content (AvgIpc) is 2.61. The van der Waals surface area contributed by atoms with Gasteiger partial charge >= 0.3 is 0 Å². The van der Waals surface area contributed by atoms with Gasteiger partial charge in [-0.25, -0.2) is 0 Å². The van der Waals surface area contributed by atoms with E-state index in [4.69, 9.17) is 9.47 Å². The smallest absolute Gasteiger partial charge is 0.256 e. The zero-order valence-electron chi connectivity index (χ0n) is 16.9. The molecule has 26 heavy (non-hydrogen) atoms. The van der Waals surface area contributed by atoms with E-state index < -0.39 is 5.60 Å². The number of nitrogens with one attached hydrogen (secondary N) is 1. The van der Waals surface area contributed by atoms with Crippen LogP contribution >= 0.6 is 0 Å². The van der Waals surface area contributed by atoms with E-state index in [1.165, 1.54) is 6.42 Å². The maximum Gasteiger partial charge on any atom is 0.256 e. The van der Waals surface area contributed by atoms with Gasteiger partial charge in [-0.15, -0.1) is 0 Å². The lowest BCUT2D eigenvalue weighted by atomic mass is 9.92. The third-order valence-electron chi connectivity index (χ3n) is 5.34. The van der Waals surface area contributed by atoms with E-state index in [1.807, 2.05) is 31.2 Å². The molecule has 5 heteroatoms. The van der Waals surface area contributed by atoms with Crippen LogP contribution < -0.4 is 10.1 Å². The standard InChI is InChI=1S/C21H34N2O3/c1-6-21(4,25-5)20(24)22-18-7-9-19(10-8-18)26-12-11-23-14-16(2)13-17(3)15-23/h7-10,16-17H,6,11-15H2,1-5H3,(H,22,24)/t16-,17-,21+/m1/s1. The van der Waals surface area contributed by atoms with Crippen LogP contribution in [-0.2, 0) is 9.53 Å². The van der Waals surface area contributed by atoms with Crippen LogP contribution in [0.15, 0.2) is 24.3 Å². The van der Waals surface area contributed by atoms with Crippen molar-refractivity contribution < 1.29 is 14.3 Å². The summed E-state index contributed by atoms with van der Waals surface area (Å²) in [6.07, 6.45) is 1.94. The summed E-state index contributed by atoms with van der Waals surface area (Å²) in [5, 5.41) is 2.90. The normalized spacial score (nSPS) is 23.3. The third-order valence-corrected chi connectivity index (χ3v) is 5.34. The van der Waals surface area contributed by atoms with Crippen LogP contribution in [0.3, 0.4) is 0 Å². The van der Waals surface area contributed by atoms with Crippen molar-refractivity contribution in [3.63, 3.8) is 0 Å². The molecule has 1 fully saturated rings. The first kappa shape index (κ1) is 20.7. The summed E-state index contributed by atoms with van der Waals surface area (Å²) in [6.45, 7) is 12.3. The van der Waals surface area contributed by atoms with E-state index in [0.717, 1.165) is 42.9 Å². The van der Waals surface area contributed by atoms with Crippen LogP contribution in [0.5, 0.6) is 5.75 Å². The Bertz CT molecular complexity index is 559. The fourth-order valence-electron chi connectivity index (χ4n) is 3.56. The van der Waals surface area contributed by atoms with E-state index in [0.29, 0.717) is 13.0 Å². The minimum absolute atomic E-state index is 0.135. The maximum absolute atomic E-state index is 12.3. The van der Waals surface area contributed by atoms with Gasteiger partial charge in [0, 0.05) is 32.4 Å². The number of benzene rings is 1. The predicted molar refractivity (Wildman–Crippen MR) is 106 cm³/mol. The molecule has 1 aliphatic rings. The Morgan fingerprint density at radius 3 is 2.38 bits per heavy atom. The quantitative estimate of drug-likeness (QED) is 0.764. The lowest BCUT2D eigenvalue weighted by Gasteiger charge is -2.34. The van der Waals surface area contributed by atoms with Gasteiger partial charge in [-0.1, -0.05) is 20.8 Å². The molecule has 1 aromatic carbocycles. The fourth-order valence-corrected chi connectivity index (χ4v) is 3.56. The first-order valence-corrected chi connectivity index (χ1v) is 9.68. The molecule has 0 aromatic heterocycles. The van der Waals surface area contributed by atoms with Crippen molar-refractivity contribution in [2.24, 2.45) is 11.8 Å². The molecule has 146 valence electrons. The molecule has 1 aromatic rings. The summed E-state index contributed by atoms with van der Waals surface area (Å²) in [6, 6.07) is 7.52. The van der Waals surface area contributed by atoms with E-state index in [9.17, 15) is 4.79 Å². The van der Waals surface area contributed by atoms with Crippen molar-refractivity contribution in [1.29, 1.82) is 0 Å². The first-order chi connectivity index (χ1) is 12.4. The second-order valence-corrected chi connectivity index (χ2v) is 7.82. The maximum atomic E-state index is 12.3. The number of carbonyl (C=O) groups is 1. The van der Waals surface area contributed by atoms with Gasteiger partial charge in [-0.3, -0.25) is 9.69 Å². The van der Waals surface area contributed by atoms with Gasteiger partial charge in [0.15, 0.2) is 0 Å². The predicted octanol–water partition coefficient (Wildman–Crippen LogP) is 3.80. The molecule has 1 N–H and O–H groups in total. The number of amides is 1. The highest BCUT2D eigenvalue weighted by Crippen LogP contribution is 2.22. The Morgan fingerprint density at radius 2 is 1.85 bits per heavy atom. The highest BCUT2D eigenvalue weighted by atomic mass is 16.5. The van der Waals surface area contributed by atoms with Crippen molar-refractivity contribution >= 4 is 11.6 Å². The number of anilines is 1. The molecule has 0 radical (unpaired) electrons. The van der Waals surface area contributed by atoms with Crippen molar-refractivity contribution in [3.8, 4) is 5.75 Å². The zero-order chi connectivity index (χ0) is 19.2. The highest BCUT2D eigenvalue weighted by molar-refractivity contribution is 5.97. The van der Waals surface area contributed by atoms with Gasteiger partial charge in [0.05, 0.1) is 0 Å². The second-order valence-electron chi connectivity index (χ2n) is 7.82. The van der Waals surface area contributed by atoms with Crippen molar-refractivity contribution in [2.45, 2.75) is 46.1 Å². The molecule has 3 atom stereocenters. The molecule has 0 bridgehead atoms. The van der Waals surface area contributed by atoms with E-state index >= 15 is 0 Å². The Morgan fingerprint density at radius 1 is 1.23 bits per heavy atom. The van der Waals surface area contributed by atoms with Crippen molar-refractivity contribution in [1.82, 2.24) is 4.90 Å². The Hall–Kier alpha value is -1.59. The zero-order valence-corrected chi connectivity index (χ0v) is 16.9. The van der Waals surface area contributed by atoms with Crippen LogP contribution in [-0.4, -0.2) is 49.8 Å². The van der Waals surface area contributed by atoms with Gasteiger partial charge in [-0.2, -0.15) is 0 Å². The number of piperidine rings is 1. The summed E-state index contributed by atoms with van der Waals surface area (Å²) in [5.74, 6) is 2.22. The summed E-state index contributed by atoms with van der Waals surface area (Å²) >= 11 is 0. The number of rotatable bonds is 8. The summed E-state index contributed by atoms with van der Waals surface area (Å²) in [7, 11) is 1.56. The van der Waals surface area contributed by atoms with Crippen LogP contribution in [0, 0.1) is 11.8 Å². The summed E-state index contributed by atoms with van der Waals surface area (Å²) in [4.78, 5) is 14.8. The van der Waals surface area contributed by atoms with Gasteiger partial charge in [-0.05, 0) is 55.9 Å². The number of methoxy groups -OCH3 is 1. The number of ether oxygens (including phenoxy) is 2. The second kappa shape index (κ2) is 9.38. The van der Waals surface area contributed by atoms with Gasteiger partial charge in [0.2, 0.25) is 0 Å². The molecule has 0 aliphatic carbocycles. The molecule has 2 rings (SSSR count). The van der Waals surface area contributed by atoms with Crippen molar-refractivity contribution in [2.75, 3.05) is 38.7 Å². The molecule has 1 heterocycles. The molecular formula is C21H34N2O3. The average molecular weight is 363 g/mol. The Balaban J connectivity index is 1.79. The SMILES string of the molecule is CC[C@](C)(OC)C(=O)Nc1ccc(OCCN2C[C@H](C)C[C@@H](C)C2)cc1. The molecule has 0 spiro atoms. The van der Waals surface area contributed by atoms with E-state index in [-0.39, 0.29) is 5.91 Å². The molecular weight excluding hydrogens is 328 g/mol. The van der Waals surface area contributed by atoms with E-state index in [1.54, 1.807) is 14.0 Å². The van der Waals surface area contributed by atoms with Gasteiger partial charge in [0.25, 0.3) is 5.91 Å². The topological polar surface area (TPSA) is 50.8 Å². The Kier molecular flexibility index (Phi) is 7.47. The highest BCUT2D eigenvalue weighted by Gasteiger charge is 2.30. The lowest BCUT2D eigenvalue weighted by Crippen LogP contribution is -2.41. The minimum atomic E-state index is -0.808. The summed E-state index contributed by atoms with van der Waals surface area (Å²) < 4.78 is 11.2. The lowest BCUT2D eigenvalue weighted by molar-refractivity contribution is -0.136. The number of hydrogen-bond acceptors (Lipinski definition) is 4.